The van der Waals surface area contributed by atoms with Crippen LogP contribution in [0.2, 0.25) is 0 Å². The molecule has 0 bridgehead atoms. The normalized spacial score (nSPS) is 19.9. The molecule has 1 aliphatic rings. The Morgan fingerprint density at radius 3 is 2.38 bits per heavy atom. The highest BCUT2D eigenvalue weighted by Crippen LogP contribution is 2.37. The number of benzene rings is 1. The molecule has 1 aromatic carbocycles. The zero-order chi connectivity index (χ0) is 15.3. The Hall–Kier alpha value is -1.70. The molecule has 0 radical (unpaired) electrons. The minimum absolute atomic E-state index is 0.340. The molecule has 4 heteroatoms. The van der Waals surface area contributed by atoms with E-state index in [1.807, 2.05) is 18.3 Å². The fourth-order valence-electron chi connectivity index (χ4n) is 2.66. The van der Waals surface area contributed by atoms with Gasteiger partial charge in [-0.25, -0.2) is 0 Å². The Labute approximate surface area is 126 Å². The molecule has 1 aliphatic heterocycles. The minimum Gasteiger partial charge on any atom is -0.399 e. The molecule has 0 atom stereocenters. The van der Waals surface area contributed by atoms with Crippen molar-refractivity contribution in [3.63, 3.8) is 0 Å². The van der Waals surface area contributed by atoms with Gasteiger partial charge in [0.25, 0.3) is 0 Å². The Bertz CT molecular complexity index is 708. The molecule has 2 heterocycles. The van der Waals surface area contributed by atoms with E-state index in [4.69, 9.17) is 15.7 Å². The molecule has 0 N–H and O–H groups in total. The second kappa shape index (κ2) is 4.66. The van der Waals surface area contributed by atoms with Crippen molar-refractivity contribution in [3.05, 3.63) is 30.5 Å². The third-order valence-corrected chi connectivity index (χ3v) is 4.59. The standard InChI is InChI=1S/C17H20BNO2/c1-6-11-19-12-14(13-9-7-8-10-15(13)19)18-20-16(2,3)17(4,5)21-18/h1,7-10,12H,11H2,2-5H3. The fraction of sp³-hybridized carbons (Fsp3) is 0.412. The first kappa shape index (κ1) is 14.3. The number of para-hydroxylation sites is 1. The first-order valence-corrected chi connectivity index (χ1v) is 7.22. The lowest BCUT2D eigenvalue weighted by Gasteiger charge is -2.32. The number of fused-ring (bicyclic) bond motifs is 1. The number of hydrogen-bond donors (Lipinski definition) is 0. The first-order chi connectivity index (χ1) is 9.86. The second-order valence-corrected chi connectivity index (χ2v) is 6.52. The smallest absolute Gasteiger partial charge is 0.399 e. The van der Waals surface area contributed by atoms with Crippen molar-refractivity contribution in [2.75, 3.05) is 0 Å². The number of terminal acetylenes is 1. The van der Waals surface area contributed by atoms with Gasteiger partial charge < -0.3 is 13.9 Å². The van der Waals surface area contributed by atoms with Gasteiger partial charge in [-0.2, -0.15) is 0 Å². The van der Waals surface area contributed by atoms with Crippen LogP contribution in [0, 0.1) is 12.3 Å². The quantitative estimate of drug-likeness (QED) is 0.624. The van der Waals surface area contributed by atoms with E-state index in [-0.39, 0.29) is 18.3 Å². The van der Waals surface area contributed by atoms with Gasteiger partial charge in [-0.05, 0) is 39.1 Å². The van der Waals surface area contributed by atoms with Crippen LogP contribution < -0.4 is 5.46 Å². The summed E-state index contributed by atoms with van der Waals surface area (Å²) in [5.74, 6) is 2.69. The minimum atomic E-state index is -0.362. The molecule has 3 nitrogen and oxygen atoms in total. The first-order valence-electron chi connectivity index (χ1n) is 7.22. The van der Waals surface area contributed by atoms with Gasteiger partial charge in [0.15, 0.2) is 0 Å². The summed E-state index contributed by atoms with van der Waals surface area (Å²) in [7, 11) is -0.362. The molecule has 1 saturated heterocycles. The zero-order valence-electron chi connectivity index (χ0n) is 13.0. The van der Waals surface area contributed by atoms with Gasteiger partial charge in [-0.1, -0.05) is 24.1 Å². The summed E-state index contributed by atoms with van der Waals surface area (Å²) in [6.45, 7) is 8.79. The van der Waals surface area contributed by atoms with E-state index in [1.165, 1.54) is 0 Å². The molecule has 0 amide bonds. The maximum Gasteiger partial charge on any atom is 0.497 e. The van der Waals surface area contributed by atoms with E-state index in [9.17, 15) is 0 Å². The van der Waals surface area contributed by atoms with E-state index >= 15 is 0 Å². The summed E-state index contributed by atoms with van der Waals surface area (Å²) < 4.78 is 14.4. The molecule has 2 aromatic rings. The largest absolute Gasteiger partial charge is 0.497 e. The topological polar surface area (TPSA) is 23.4 Å². The molecule has 0 aliphatic carbocycles. The van der Waals surface area contributed by atoms with E-state index in [2.05, 4.69) is 50.3 Å². The van der Waals surface area contributed by atoms with Crippen molar-refractivity contribution in [1.82, 2.24) is 4.57 Å². The van der Waals surface area contributed by atoms with Crippen LogP contribution in [0.1, 0.15) is 27.7 Å². The summed E-state index contributed by atoms with van der Waals surface area (Å²) in [6, 6.07) is 8.20. The Kier molecular flexibility index (Phi) is 3.16. The highest BCUT2D eigenvalue weighted by Gasteiger charge is 2.52. The SMILES string of the molecule is C#CCn1cc(B2OC(C)(C)C(C)(C)O2)c2ccccc21. The average Bonchev–Trinajstić information content (AvgIpc) is 2.86. The second-order valence-electron chi connectivity index (χ2n) is 6.52. The van der Waals surface area contributed by atoms with Crippen molar-refractivity contribution in [1.29, 1.82) is 0 Å². The van der Waals surface area contributed by atoms with E-state index in [0.717, 1.165) is 16.4 Å². The number of nitrogens with zero attached hydrogens (tertiary/aromatic N) is 1. The lowest BCUT2D eigenvalue weighted by molar-refractivity contribution is 0.00578. The molecule has 1 fully saturated rings. The van der Waals surface area contributed by atoms with Crippen LogP contribution in [0.3, 0.4) is 0 Å². The molecular formula is C17H20BNO2. The summed E-state index contributed by atoms with van der Waals surface area (Å²) in [5, 5.41) is 1.13. The summed E-state index contributed by atoms with van der Waals surface area (Å²) in [6.07, 6.45) is 7.52. The Morgan fingerprint density at radius 1 is 1.14 bits per heavy atom. The van der Waals surface area contributed by atoms with Gasteiger partial charge >= 0.3 is 7.12 Å². The van der Waals surface area contributed by atoms with Crippen LogP contribution in [-0.4, -0.2) is 22.9 Å². The maximum atomic E-state index is 6.16. The summed E-state index contributed by atoms with van der Waals surface area (Å²) in [5.41, 5.74) is 1.47. The molecule has 0 spiro atoms. The van der Waals surface area contributed by atoms with Crippen LogP contribution >= 0.6 is 0 Å². The fourth-order valence-corrected chi connectivity index (χ4v) is 2.66. The lowest BCUT2D eigenvalue weighted by atomic mass is 9.79. The summed E-state index contributed by atoms with van der Waals surface area (Å²) in [4.78, 5) is 0. The van der Waals surface area contributed by atoms with E-state index in [1.54, 1.807) is 0 Å². The summed E-state index contributed by atoms with van der Waals surface area (Å²) >= 11 is 0. The van der Waals surface area contributed by atoms with Gasteiger partial charge in [0.1, 0.15) is 0 Å². The number of hydrogen-bond acceptors (Lipinski definition) is 2. The third kappa shape index (κ3) is 2.17. The lowest BCUT2D eigenvalue weighted by Crippen LogP contribution is -2.41. The third-order valence-electron chi connectivity index (χ3n) is 4.59. The van der Waals surface area contributed by atoms with Crippen LogP contribution in [-0.2, 0) is 15.9 Å². The molecular weight excluding hydrogens is 261 g/mol. The van der Waals surface area contributed by atoms with Gasteiger partial charge in [0, 0.05) is 17.2 Å². The van der Waals surface area contributed by atoms with Gasteiger partial charge in [-0.3, -0.25) is 0 Å². The van der Waals surface area contributed by atoms with Gasteiger partial charge in [0.2, 0.25) is 0 Å². The van der Waals surface area contributed by atoms with Gasteiger partial charge in [-0.15, -0.1) is 6.42 Å². The molecule has 3 rings (SSSR count). The molecule has 108 valence electrons. The van der Waals surface area contributed by atoms with Crippen molar-refractivity contribution >= 4 is 23.5 Å². The van der Waals surface area contributed by atoms with Crippen LogP contribution in [0.4, 0.5) is 0 Å². The van der Waals surface area contributed by atoms with Crippen molar-refractivity contribution in [2.45, 2.75) is 45.4 Å². The van der Waals surface area contributed by atoms with Crippen LogP contribution in [0.25, 0.3) is 10.9 Å². The van der Waals surface area contributed by atoms with Gasteiger partial charge in [0.05, 0.1) is 17.7 Å². The van der Waals surface area contributed by atoms with Crippen LogP contribution in [0.5, 0.6) is 0 Å². The average molecular weight is 281 g/mol. The Morgan fingerprint density at radius 2 is 1.76 bits per heavy atom. The molecule has 21 heavy (non-hydrogen) atoms. The number of rotatable bonds is 2. The van der Waals surface area contributed by atoms with Crippen molar-refractivity contribution < 1.29 is 9.31 Å². The van der Waals surface area contributed by atoms with Crippen molar-refractivity contribution in [2.24, 2.45) is 0 Å². The predicted octanol–water partition coefficient (Wildman–Crippen LogP) is 2.57. The van der Waals surface area contributed by atoms with Crippen LogP contribution in [0.15, 0.2) is 30.5 Å². The monoisotopic (exact) mass is 281 g/mol. The van der Waals surface area contributed by atoms with E-state index < -0.39 is 0 Å². The highest BCUT2D eigenvalue weighted by molar-refractivity contribution is 6.65. The number of aromatic nitrogens is 1. The van der Waals surface area contributed by atoms with Crippen molar-refractivity contribution in [3.8, 4) is 12.3 Å². The molecule has 1 aromatic heterocycles. The molecule has 0 saturated carbocycles. The maximum absolute atomic E-state index is 6.16. The highest BCUT2D eigenvalue weighted by atomic mass is 16.7. The zero-order valence-corrected chi connectivity index (χ0v) is 13.0. The van der Waals surface area contributed by atoms with E-state index in [0.29, 0.717) is 6.54 Å². The predicted molar refractivity (Wildman–Crippen MR) is 86.5 cm³/mol. The molecule has 0 unspecified atom stereocenters. The Balaban J connectivity index is 2.09.